The Kier molecular flexibility index (Phi) is 6.80. The standard InChI is InChI=1S/C14H23N3O3S/c1-11-7-8-12(21(16,19)20)10-13(11)17-14(18)6-4-2-3-5-9-15/h7-8,10H,2-6,9,15H2,1H3,(H,17,18)(H2,16,19,20). The van der Waals surface area contributed by atoms with Crippen molar-refractivity contribution in [2.24, 2.45) is 10.9 Å². The molecule has 1 aromatic carbocycles. The molecule has 0 atom stereocenters. The fraction of sp³-hybridized carbons (Fsp3) is 0.500. The summed E-state index contributed by atoms with van der Waals surface area (Å²) in [4.78, 5) is 11.8. The van der Waals surface area contributed by atoms with Gasteiger partial charge in [-0.2, -0.15) is 0 Å². The summed E-state index contributed by atoms with van der Waals surface area (Å²) in [6, 6.07) is 4.43. The summed E-state index contributed by atoms with van der Waals surface area (Å²) in [5.41, 5.74) is 6.67. The van der Waals surface area contributed by atoms with E-state index in [-0.39, 0.29) is 10.8 Å². The Labute approximate surface area is 126 Å². The molecule has 7 heteroatoms. The maximum atomic E-state index is 11.8. The zero-order valence-electron chi connectivity index (χ0n) is 12.3. The van der Waals surface area contributed by atoms with Gasteiger partial charge in [0.2, 0.25) is 15.9 Å². The highest BCUT2D eigenvalue weighted by molar-refractivity contribution is 7.89. The predicted octanol–water partition coefficient (Wildman–Crippen LogP) is 1.49. The summed E-state index contributed by atoms with van der Waals surface area (Å²) in [6.07, 6.45) is 4.14. The number of hydrogen-bond acceptors (Lipinski definition) is 4. The summed E-state index contributed by atoms with van der Waals surface area (Å²) in [6.45, 7) is 2.47. The number of nitrogens with one attached hydrogen (secondary N) is 1. The lowest BCUT2D eigenvalue weighted by Crippen LogP contribution is -2.15. The summed E-state index contributed by atoms with van der Waals surface area (Å²) in [5, 5.41) is 7.81. The van der Waals surface area contributed by atoms with Crippen molar-refractivity contribution in [2.45, 2.75) is 43.9 Å². The lowest BCUT2D eigenvalue weighted by atomic mass is 10.1. The van der Waals surface area contributed by atoms with Crippen LogP contribution in [0.1, 0.15) is 37.7 Å². The minimum atomic E-state index is -3.77. The number of nitrogens with two attached hydrogens (primary N) is 2. The van der Waals surface area contributed by atoms with Gasteiger partial charge in [0.25, 0.3) is 0 Å². The van der Waals surface area contributed by atoms with E-state index in [9.17, 15) is 13.2 Å². The van der Waals surface area contributed by atoms with Crippen LogP contribution in [0.5, 0.6) is 0 Å². The fourth-order valence-electron chi connectivity index (χ4n) is 1.91. The number of anilines is 1. The number of rotatable bonds is 8. The molecular formula is C14H23N3O3S. The van der Waals surface area contributed by atoms with Gasteiger partial charge >= 0.3 is 0 Å². The normalized spacial score (nSPS) is 11.4. The highest BCUT2D eigenvalue weighted by Gasteiger charge is 2.11. The van der Waals surface area contributed by atoms with Crippen molar-refractivity contribution in [2.75, 3.05) is 11.9 Å². The molecule has 0 saturated carbocycles. The van der Waals surface area contributed by atoms with Crippen molar-refractivity contribution >= 4 is 21.6 Å². The second-order valence-electron chi connectivity index (χ2n) is 5.02. The first kappa shape index (κ1) is 17.6. The smallest absolute Gasteiger partial charge is 0.238 e. The molecule has 0 spiro atoms. The number of unbranched alkanes of at least 4 members (excludes halogenated alkanes) is 3. The first-order chi connectivity index (χ1) is 9.84. The number of hydrogen-bond donors (Lipinski definition) is 3. The van der Waals surface area contributed by atoms with Gasteiger partial charge in [-0.05, 0) is 44.0 Å². The van der Waals surface area contributed by atoms with Crippen molar-refractivity contribution in [1.29, 1.82) is 0 Å². The Hall–Kier alpha value is -1.44. The van der Waals surface area contributed by atoms with Crippen LogP contribution in [0.2, 0.25) is 0 Å². The zero-order valence-corrected chi connectivity index (χ0v) is 13.1. The van der Waals surface area contributed by atoms with Gasteiger partial charge in [0.15, 0.2) is 0 Å². The third-order valence-corrected chi connectivity index (χ3v) is 4.08. The second-order valence-corrected chi connectivity index (χ2v) is 6.58. The van der Waals surface area contributed by atoms with Crippen LogP contribution in [-0.2, 0) is 14.8 Å². The molecule has 5 N–H and O–H groups in total. The number of sulfonamides is 1. The van der Waals surface area contributed by atoms with Crippen LogP contribution in [0.4, 0.5) is 5.69 Å². The lowest BCUT2D eigenvalue weighted by Gasteiger charge is -2.10. The van der Waals surface area contributed by atoms with Gasteiger partial charge in [-0.3, -0.25) is 4.79 Å². The van der Waals surface area contributed by atoms with Crippen molar-refractivity contribution in [1.82, 2.24) is 0 Å². The van der Waals surface area contributed by atoms with Crippen LogP contribution < -0.4 is 16.2 Å². The predicted molar refractivity (Wildman–Crippen MR) is 83.3 cm³/mol. The van der Waals surface area contributed by atoms with Gasteiger partial charge < -0.3 is 11.1 Å². The largest absolute Gasteiger partial charge is 0.330 e. The Morgan fingerprint density at radius 1 is 1.19 bits per heavy atom. The van der Waals surface area contributed by atoms with Gasteiger partial charge in [-0.15, -0.1) is 0 Å². The van der Waals surface area contributed by atoms with E-state index in [1.165, 1.54) is 12.1 Å². The van der Waals surface area contributed by atoms with E-state index in [0.717, 1.165) is 31.2 Å². The first-order valence-electron chi connectivity index (χ1n) is 6.98. The molecule has 0 saturated heterocycles. The molecule has 0 heterocycles. The van der Waals surface area contributed by atoms with Crippen LogP contribution in [0, 0.1) is 6.92 Å². The summed E-state index contributed by atoms with van der Waals surface area (Å²) < 4.78 is 22.6. The summed E-state index contributed by atoms with van der Waals surface area (Å²) >= 11 is 0. The summed E-state index contributed by atoms with van der Waals surface area (Å²) in [7, 11) is -3.77. The van der Waals surface area contributed by atoms with Gasteiger partial charge in [-0.1, -0.05) is 18.9 Å². The molecule has 0 radical (unpaired) electrons. The number of amides is 1. The Bertz CT molecular complexity index is 585. The minimum absolute atomic E-state index is 0.00801. The van der Waals surface area contributed by atoms with E-state index in [0.29, 0.717) is 18.7 Å². The van der Waals surface area contributed by atoms with E-state index in [1.807, 2.05) is 0 Å². The van der Waals surface area contributed by atoms with Gasteiger partial charge in [-0.25, -0.2) is 13.6 Å². The van der Waals surface area contributed by atoms with Gasteiger partial charge in [0.05, 0.1) is 4.90 Å². The topological polar surface area (TPSA) is 115 Å². The van der Waals surface area contributed by atoms with Gasteiger partial charge in [0.1, 0.15) is 0 Å². The molecule has 21 heavy (non-hydrogen) atoms. The lowest BCUT2D eigenvalue weighted by molar-refractivity contribution is -0.116. The number of benzene rings is 1. The molecule has 0 aliphatic heterocycles. The number of carbonyl (C=O) groups excluding carboxylic acids is 1. The molecule has 0 unspecified atom stereocenters. The molecule has 1 aromatic rings. The van der Waals surface area contributed by atoms with Crippen LogP contribution in [0.15, 0.2) is 23.1 Å². The highest BCUT2D eigenvalue weighted by atomic mass is 32.2. The van der Waals surface area contributed by atoms with Crippen molar-refractivity contribution < 1.29 is 13.2 Å². The van der Waals surface area contributed by atoms with E-state index < -0.39 is 10.0 Å². The Balaban J connectivity index is 2.59. The molecule has 0 aromatic heterocycles. The van der Waals surface area contributed by atoms with E-state index in [4.69, 9.17) is 10.9 Å². The Morgan fingerprint density at radius 3 is 2.48 bits per heavy atom. The fourth-order valence-corrected chi connectivity index (χ4v) is 2.45. The molecular weight excluding hydrogens is 290 g/mol. The molecule has 0 fully saturated rings. The molecule has 0 bridgehead atoms. The summed E-state index contributed by atoms with van der Waals surface area (Å²) in [5.74, 6) is -0.127. The Morgan fingerprint density at radius 2 is 1.86 bits per heavy atom. The second kappa shape index (κ2) is 8.11. The van der Waals surface area contributed by atoms with Crippen molar-refractivity contribution in [3.63, 3.8) is 0 Å². The van der Waals surface area contributed by atoms with E-state index in [1.54, 1.807) is 13.0 Å². The maximum absolute atomic E-state index is 11.8. The highest BCUT2D eigenvalue weighted by Crippen LogP contribution is 2.19. The maximum Gasteiger partial charge on any atom is 0.238 e. The van der Waals surface area contributed by atoms with E-state index >= 15 is 0 Å². The van der Waals surface area contributed by atoms with Crippen LogP contribution in [-0.4, -0.2) is 20.9 Å². The quantitative estimate of drug-likeness (QED) is 0.630. The number of aryl methyl sites for hydroxylation is 1. The minimum Gasteiger partial charge on any atom is -0.330 e. The molecule has 1 amide bonds. The average molecular weight is 313 g/mol. The van der Waals surface area contributed by atoms with Crippen LogP contribution >= 0.6 is 0 Å². The molecule has 0 aliphatic carbocycles. The first-order valence-corrected chi connectivity index (χ1v) is 8.52. The number of carbonyl (C=O) groups is 1. The average Bonchev–Trinajstić information content (AvgIpc) is 2.40. The van der Waals surface area contributed by atoms with Crippen molar-refractivity contribution in [3.05, 3.63) is 23.8 Å². The van der Waals surface area contributed by atoms with Crippen molar-refractivity contribution in [3.8, 4) is 0 Å². The molecule has 6 nitrogen and oxygen atoms in total. The molecule has 0 aliphatic rings. The molecule has 118 valence electrons. The zero-order chi connectivity index (χ0) is 15.9. The number of primary sulfonamides is 1. The third kappa shape index (κ3) is 6.24. The van der Waals surface area contributed by atoms with Gasteiger partial charge in [0, 0.05) is 12.1 Å². The SMILES string of the molecule is Cc1ccc(S(N)(=O)=O)cc1NC(=O)CCCCCCN. The third-order valence-electron chi connectivity index (χ3n) is 3.17. The monoisotopic (exact) mass is 313 g/mol. The van der Waals surface area contributed by atoms with E-state index in [2.05, 4.69) is 5.32 Å². The molecule has 1 rings (SSSR count). The van der Waals surface area contributed by atoms with Crippen LogP contribution in [0.3, 0.4) is 0 Å². The van der Waals surface area contributed by atoms with Crippen LogP contribution in [0.25, 0.3) is 0 Å².